The Morgan fingerprint density at radius 1 is 1.35 bits per heavy atom. The molecule has 1 saturated heterocycles. The second-order valence-corrected chi connectivity index (χ2v) is 5.38. The predicted octanol–water partition coefficient (Wildman–Crippen LogP) is 0.144. The van der Waals surface area contributed by atoms with Crippen LogP contribution < -0.4 is 10.6 Å². The smallest absolute Gasteiger partial charge is 0.268 e. The number of aromatic amines is 1. The first kappa shape index (κ1) is 14.7. The van der Waals surface area contributed by atoms with E-state index in [4.69, 9.17) is 0 Å². The molecule has 1 aromatic heterocycles. The summed E-state index contributed by atoms with van der Waals surface area (Å²) in [4.78, 5) is 26.7. The van der Waals surface area contributed by atoms with Gasteiger partial charge in [0, 0.05) is 36.8 Å². The molecule has 6 nitrogen and oxygen atoms in total. The summed E-state index contributed by atoms with van der Waals surface area (Å²) >= 11 is 0. The molecule has 0 saturated carbocycles. The van der Waals surface area contributed by atoms with E-state index in [2.05, 4.69) is 15.6 Å². The summed E-state index contributed by atoms with van der Waals surface area (Å²) in [6.07, 6.45) is -0.422. The minimum Gasteiger partial charge on any atom is -0.391 e. The molecule has 1 aromatic rings. The standard InChI is InChI=1S/C14H21N3O3/c1-7-12(9(3)18)8(2)17-13(7)14(20)16-5-10-4-15-6-11(10)19/h10-11,15,17,19H,4-6H2,1-3H3,(H,16,20). The molecule has 1 amide bonds. The van der Waals surface area contributed by atoms with E-state index >= 15 is 0 Å². The Morgan fingerprint density at radius 2 is 2.05 bits per heavy atom. The number of carbonyl (C=O) groups is 2. The lowest BCUT2D eigenvalue weighted by atomic mass is 10.1. The number of hydrogen-bond donors (Lipinski definition) is 4. The summed E-state index contributed by atoms with van der Waals surface area (Å²) in [5, 5.41) is 15.6. The number of hydrogen-bond acceptors (Lipinski definition) is 4. The molecule has 0 aromatic carbocycles. The number of aliphatic hydroxyl groups is 1. The van der Waals surface area contributed by atoms with Gasteiger partial charge >= 0.3 is 0 Å². The Bertz CT molecular complexity index is 536. The van der Waals surface area contributed by atoms with Crippen molar-refractivity contribution in [3.8, 4) is 0 Å². The number of aromatic nitrogens is 1. The zero-order valence-corrected chi connectivity index (χ0v) is 12.0. The topological polar surface area (TPSA) is 94.2 Å². The van der Waals surface area contributed by atoms with Crippen LogP contribution in [-0.4, -0.2) is 47.5 Å². The van der Waals surface area contributed by atoms with Crippen LogP contribution in [0.1, 0.15) is 39.0 Å². The molecule has 6 heteroatoms. The second-order valence-electron chi connectivity index (χ2n) is 5.38. The number of nitrogens with one attached hydrogen (secondary N) is 3. The maximum Gasteiger partial charge on any atom is 0.268 e. The SMILES string of the molecule is CC(=O)c1c(C)[nH]c(C(=O)NCC2CNCC2O)c1C. The van der Waals surface area contributed by atoms with Crippen LogP contribution in [0.4, 0.5) is 0 Å². The molecular weight excluding hydrogens is 258 g/mol. The number of rotatable bonds is 4. The van der Waals surface area contributed by atoms with E-state index in [1.807, 2.05) is 0 Å². The van der Waals surface area contributed by atoms with Gasteiger partial charge in [-0.3, -0.25) is 9.59 Å². The van der Waals surface area contributed by atoms with Crippen LogP contribution >= 0.6 is 0 Å². The van der Waals surface area contributed by atoms with Gasteiger partial charge in [0.25, 0.3) is 5.91 Å². The largest absolute Gasteiger partial charge is 0.391 e. The minimum atomic E-state index is -0.422. The number of amides is 1. The molecule has 110 valence electrons. The van der Waals surface area contributed by atoms with Crippen molar-refractivity contribution in [2.24, 2.45) is 5.92 Å². The first-order valence-corrected chi connectivity index (χ1v) is 6.79. The lowest BCUT2D eigenvalue weighted by Gasteiger charge is -2.13. The number of Topliss-reactive ketones (excluding diaryl/α,β-unsaturated/α-hetero) is 1. The summed E-state index contributed by atoms with van der Waals surface area (Å²) in [6, 6.07) is 0. The van der Waals surface area contributed by atoms with Gasteiger partial charge in [-0.15, -0.1) is 0 Å². The quantitative estimate of drug-likeness (QED) is 0.590. The Balaban J connectivity index is 2.06. The highest BCUT2D eigenvalue weighted by Gasteiger charge is 2.26. The highest BCUT2D eigenvalue weighted by atomic mass is 16.3. The normalized spacial score (nSPS) is 22.0. The molecule has 1 fully saturated rings. The van der Waals surface area contributed by atoms with Crippen molar-refractivity contribution < 1.29 is 14.7 Å². The molecule has 2 atom stereocenters. The monoisotopic (exact) mass is 279 g/mol. The molecule has 20 heavy (non-hydrogen) atoms. The molecule has 4 N–H and O–H groups in total. The second kappa shape index (κ2) is 5.76. The van der Waals surface area contributed by atoms with E-state index in [0.717, 1.165) is 0 Å². The van der Waals surface area contributed by atoms with Gasteiger partial charge in [-0.1, -0.05) is 0 Å². The average molecular weight is 279 g/mol. The number of carbonyl (C=O) groups excluding carboxylic acids is 2. The third kappa shape index (κ3) is 2.76. The zero-order chi connectivity index (χ0) is 14.9. The Kier molecular flexibility index (Phi) is 4.25. The highest BCUT2D eigenvalue weighted by molar-refractivity contribution is 6.02. The van der Waals surface area contributed by atoms with Crippen molar-refractivity contribution in [3.05, 3.63) is 22.5 Å². The van der Waals surface area contributed by atoms with E-state index in [1.165, 1.54) is 6.92 Å². The maximum atomic E-state index is 12.2. The molecule has 2 rings (SSSR count). The number of aliphatic hydroxyl groups excluding tert-OH is 1. The van der Waals surface area contributed by atoms with E-state index < -0.39 is 6.10 Å². The van der Waals surface area contributed by atoms with Crippen molar-refractivity contribution >= 4 is 11.7 Å². The maximum absolute atomic E-state index is 12.2. The summed E-state index contributed by atoms with van der Waals surface area (Å²) in [5.41, 5.74) is 2.39. The fourth-order valence-electron chi connectivity index (χ4n) is 2.74. The highest BCUT2D eigenvalue weighted by Crippen LogP contribution is 2.18. The van der Waals surface area contributed by atoms with Gasteiger partial charge in [0.15, 0.2) is 5.78 Å². The van der Waals surface area contributed by atoms with Crippen LogP contribution in [0, 0.1) is 19.8 Å². The zero-order valence-electron chi connectivity index (χ0n) is 12.0. The van der Waals surface area contributed by atoms with E-state index in [0.29, 0.717) is 42.1 Å². The average Bonchev–Trinajstić information content (AvgIpc) is 2.90. The first-order chi connectivity index (χ1) is 9.41. The third-order valence-corrected chi connectivity index (χ3v) is 3.85. The van der Waals surface area contributed by atoms with Gasteiger partial charge < -0.3 is 20.7 Å². The number of aryl methyl sites for hydroxylation is 1. The van der Waals surface area contributed by atoms with Crippen LogP contribution in [0.3, 0.4) is 0 Å². The molecule has 0 radical (unpaired) electrons. The molecule has 1 aliphatic rings. The van der Waals surface area contributed by atoms with Crippen molar-refractivity contribution in [2.45, 2.75) is 26.9 Å². The Labute approximate surface area is 118 Å². The number of β-amino-alcohol motifs (C(OH)–C–C–N with tert-alkyl or cyclic N) is 1. The minimum absolute atomic E-state index is 0.0302. The van der Waals surface area contributed by atoms with E-state index in [-0.39, 0.29) is 17.6 Å². The Hall–Kier alpha value is -1.66. The van der Waals surface area contributed by atoms with Gasteiger partial charge in [-0.2, -0.15) is 0 Å². The predicted molar refractivity (Wildman–Crippen MR) is 75.0 cm³/mol. The van der Waals surface area contributed by atoms with Crippen LogP contribution in [-0.2, 0) is 0 Å². The summed E-state index contributed by atoms with van der Waals surface area (Å²) in [6.45, 7) is 6.72. The van der Waals surface area contributed by atoms with Gasteiger partial charge in [0.1, 0.15) is 5.69 Å². The van der Waals surface area contributed by atoms with E-state index in [9.17, 15) is 14.7 Å². The summed E-state index contributed by atoms with van der Waals surface area (Å²) < 4.78 is 0. The molecule has 2 heterocycles. The van der Waals surface area contributed by atoms with Crippen LogP contribution in [0.2, 0.25) is 0 Å². The van der Waals surface area contributed by atoms with Crippen molar-refractivity contribution in [1.82, 2.24) is 15.6 Å². The number of H-pyrrole nitrogens is 1. The lowest BCUT2D eigenvalue weighted by Crippen LogP contribution is -2.34. The molecule has 0 spiro atoms. The molecule has 0 aliphatic carbocycles. The summed E-state index contributed by atoms with van der Waals surface area (Å²) in [7, 11) is 0. The number of ketones is 1. The third-order valence-electron chi connectivity index (χ3n) is 3.85. The van der Waals surface area contributed by atoms with Gasteiger partial charge in [-0.05, 0) is 26.3 Å². The first-order valence-electron chi connectivity index (χ1n) is 6.79. The molecule has 0 bridgehead atoms. The van der Waals surface area contributed by atoms with Crippen LogP contribution in [0.15, 0.2) is 0 Å². The summed E-state index contributed by atoms with van der Waals surface area (Å²) in [5.74, 6) is -0.259. The lowest BCUT2D eigenvalue weighted by molar-refractivity contribution is 0.0922. The fraction of sp³-hybridized carbons (Fsp3) is 0.571. The van der Waals surface area contributed by atoms with Crippen molar-refractivity contribution in [1.29, 1.82) is 0 Å². The van der Waals surface area contributed by atoms with Crippen LogP contribution in [0.5, 0.6) is 0 Å². The van der Waals surface area contributed by atoms with Gasteiger partial charge in [-0.25, -0.2) is 0 Å². The van der Waals surface area contributed by atoms with Crippen LogP contribution in [0.25, 0.3) is 0 Å². The molecule has 1 aliphatic heterocycles. The molecule has 2 unspecified atom stereocenters. The van der Waals surface area contributed by atoms with Gasteiger partial charge in [0.2, 0.25) is 0 Å². The van der Waals surface area contributed by atoms with Gasteiger partial charge in [0.05, 0.1) is 6.10 Å². The Morgan fingerprint density at radius 3 is 2.55 bits per heavy atom. The van der Waals surface area contributed by atoms with E-state index in [1.54, 1.807) is 13.8 Å². The van der Waals surface area contributed by atoms with Crippen molar-refractivity contribution in [3.63, 3.8) is 0 Å². The molecular formula is C14H21N3O3. The fourth-order valence-corrected chi connectivity index (χ4v) is 2.74. The van der Waals surface area contributed by atoms with Crippen molar-refractivity contribution in [2.75, 3.05) is 19.6 Å².